The summed E-state index contributed by atoms with van der Waals surface area (Å²) in [6.07, 6.45) is 1.89. The Labute approximate surface area is 122 Å². The highest BCUT2D eigenvalue weighted by Crippen LogP contribution is 2.43. The van der Waals surface area contributed by atoms with Gasteiger partial charge in [0.2, 0.25) is 0 Å². The third kappa shape index (κ3) is 1.44. The first kappa shape index (κ1) is 10.9. The zero-order valence-electron chi connectivity index (χ0n) is 11.3. The van der Waals surface area contributed by atoms with Gasteiger partial charge in [-0.25, -0.2) is 0 Å². The summed E-state index contributed by atoms with van der Waals surface area (Å²) >= 11 is 0. The van der Waals surface area contributed by atoms with Gasteiger partial charge in [0.25, 0.3) is 0 Å². The van der Waals surface area contributed by atoms with Crippen LogP contribution in [0, 0.1) is 0 Å². The predicted molar refractivity (Wildman–Crippen MR) is 88.0 cm³/mol. The third-order valence-corrected chi connectivity index (χ3v) is 4.20. The van der Waals surface area contributed by atoms with Gasteiger partial charge in [0.05, 0.1) is 5.69 Å². The summed E-state index contributed by atoms with van der Waals surface area (Å²) in [5.74, 6) is 0. The van der Waals surface area contributed by atoms with E-state index < -0.39 is 0 Å². The van der Waals surface area contributed by atoms with E-state index in [2.05, 4.69) is 71.0 Å². The standard InChI is InChI=1S/C19H12N2/c1-2-5-14-11-17-15(10-13(14)4-1)19-18-12(8-9-20-19)6-3-7-16(18)21-17/h1-11,21H. The van der Waals surface area contributed by atoms with Gasteiger partial charge in [-0.15, -0.1) is 0 Å². The van der Waals surface area contributed by atoms with Gasteiger partial charge in [0.1, 0.15) is 0 Å². The van der Waals surface area contributed by atoms with Crippen LogP contribution in [-0.2, 0) is 0 Å². The molecular weight excluding hydrogens is 256 g/mol. The lowest BCUT2D eigenvalue weighted by Crippen LogP contribution is -2.02. The molecule has 1 aliphatic heterocycles. The maximum Gasteiger partial charge on any atom is 0.0822 e. The SMILES string of the molecule is c1ccc2cc3c(cc2c1)Nc1cccc2ccnc-3c12. The number of anilines is 2. The molecule has 4 aromatic rings. The van der Waals surface area contributed by atoms with E-state index in [0.717, 1.165) is 17.1 Å². The van der Waals surface area contributed by atoms with Crippen molar-refractivity contribution in [1.82, 2.24) is 4.98 Å². The molecule has 0 unspecified atom stereocenters. The lowest BCUT2D eigenvalue weighted by molar-refractivity contribution is 1.34. The fraction of sp³-hybridized carbons (Fsp3) is 0. The van der Waals surface area contributed by atoms with Crippen molar-refractivity contribution >= 4 is 32.9 Å². The number of rotatable bonds is 0. The Balaban J connectivity index is 1.95. The maximum absolute atomic E-state index is 4.65. The maximum atomic E-state index is 4.65. The van der Waals surface area contributed by atoms with Crippen LogP contribution in [0.4, 0.5) is 11.4 Å². The van der Waals surface area contributed by atoms with Crippen LogP contribution < -0.4 is 5.32 Å². The fourth-order valence-electron chi connectivity index (χ4n) is 3.22. The van der Waals surface area contributed by atoms with Gasteiger partial charge in [-0.3, -0.25) is 4.98 Å². The van der Waals surface area contributed by atoms with Crippen LogP contribution in [0.3, 0.4) is 0 Å². The number of hydrogen-bond donors (Lipinski definition) is 1. The zero-order valence-corrected chi connectivity index (χ0v) is 11.3. The Hall–Kier alpha value is -2.87. The Morgan fingerprint density at radius 1 is 0.714 bits per heavy atom. The summed E-state index contributed by atoms with van der Waals surface area (Å²) in [5, 5.41) is 8.49. The quantitative estimate of drug-likeness (QED) is 0.422. The highest BCUT2D eigenvalue weighted by atomic mass is 14.9. The van der Waals surface area contributed by atoms with Crippen molar-refractivity contribution in [3.05, 3.63) is 66.9 Å². The monoisotopic (exact) mass is 268 g/mol. The number of pyridine rings is 1. The highest BCUT2D eigenvalue weighted by Gasteiger charge is 2.19. The van der Waals surface area contributed by atoms with Gasteiger partial charge in [-0.1, -0.05) is 36.4 Å². The Morgan fingerprint density at radius 3 is 2.43 bits per heavy atom. The summed E-state index contributed by atoms with van der Waals surface area (Å²) in [4.78, 5) is 4.65. The van der Waals surface area contributed by atoms with E-state index in [1.54, 1.807) is 0 Å². The first-order valence-corrected chi connectivity index (χ1v) is 7.08. The first-order valence-electron chi connectivity index (χ1n) is 7.08. The van der Waals surface area contributed by atoms with Crippen molar-refractivity contribution in [2.75, 3.05) is 5.32 Å². The molecule has 0 fully saturated rings. The molecule has 1 aromatic heterocycles. The summed E-state index contributed by atoms with van der Waals surface area (Å²) in [7, 11) is 0. The van der Waals surface area contributed by atoms with Gasteiger partial charge in [0, 0.05) is 28.5 Å². The molecule has 2 heterocycles. The molecule has 2 heteroatoms. The second-order valence-corrected chi connectivity index (χ2v) is 5.43. The Bertz CT molecular complexity index is 1010. The van der Waals surface area contributed by atoms with Crippen molar-refractivity contribution in [2.45, 2.75) is 0 Å². The summed E-state index contributed by atoms with van der Waals surface area (Å²) in [6, 6.07) is 21.3. The largest absolute Gasteiger partial charge is 0.354 e. The van der Waals surface area contributed by atoms with Crippen molar-refractivity contribution < 1.29 is 0 Å². The fourth-order valence-corrected chi connectivity index (χ4v) is 3.22. The molecular formula is C19H12N2. The molecule has 0 atom stereocenters. The van der Waals surface area contributed by atoms with Crippen molar-refractivity contribution in [3.8, 4) is 11.3 Å². The lowest BCUT2D eigenvalue weighted by Gasteiger charge is -2.22. The molecule has 0 radical (unpaired) electrons. The average Bonchev–Trinajstić information content (AvgIpc) is 2.54. The molecule has 0 aliphatic carbocycles. The van der Waals surface area contributed by atoms with Crippen LogP contribution in [0.2, 0.25) is 0 Å². The number of nitrogens with zero attached hydrogens (tertiary/aromatic N) is 1. The normalized spacial score (nSPS) is 12.2. The first-order chi connectivity index (χ1) is 10.4. The third-order valence-electron chi connectivity index (χ3n) is 4.20. The molecule has 1 N–H and O–H groups in total. The van der Waals surface area contributed by atoms with E-state index in [4.69, 9.17) is 0 Å². The van der Waals surface area contributed by atoms with Crippen LogP contribution in [-0.4, -0.2) is 4.98 Å². The Kier molecular flexibility index (Phi) is 1.98. The minimum absolute atomic E-state index is 1.07. The van der Waals surface area contributed by atoms with E-state index in [-0.39, 0.29) is 0 Å². The second-order valence-electron chi connectivity index (χ2n) is 5.43. The van der Waals surface area contributed by atoms with Crippen molar-refractivity contribution in [3.63, 3.8) is 0 Å². The van der Waals surface area contributed by atoms with E-state index in [0.29, 0.717) is 0 Å². The Morgan fingerprint density at radius 2 is 1.52 bits per heavy atom. The van der Waals surface area contributed by atoms with Gasteiger partial charge < -0.3 is 5.32 Å². The van der Waals surface area contributed by atoms with E-state index >= 15 is 0 Å². The van der Waals surface area contributed by atoms with Gasteiger partial charge >= 0.3 is 0 Å². The molecule has 0 bridgehead atoms. The second kappa shape index (κ2) is 3.83. The number of aromatic nitrogens is 1. The predicted octanol–water partition coefficient (Wildman–Crippen LogP) is 5.11. The zero-order chi connectivity index (χ0) is 13.8. The molecule has 1 aliphatic rings. The highest BCUT2D eigenvalue weighted by molar-refractivity contribution is 6.11. The van der Waals surface area contributed by atoms with E-state index in [9.17, 15) is 0 Å². The topological polar surface area (TPSA) is 24.9 Å². The van der Waals surface area contributed by atoms with Crippen molar-refractivity contribution in [2.24, 2.45) is 0 Å². The van der Waals surface area contributed by atoms with Gasteiger partial charge in [-0.2, -0.15) is 0 Å². The minimum Gasteiger partial charge on any atom is -0.354 e. The van der Waals surface area contributed by atoms with E-state index in [1.807, 2.05) is 6.20 Å². The van der Waals surface area contributed by atoms with Gasteiger partial charge in [0.15, 0.2) is 0 Å². The van der Waals surface area contributed by atoms with Crippen LogP contribution in [0.15, 0.2) is 66.9 Å². The number of hydrogen-bond acceptors (Lipinski definition) is 2. The number of fused-ring (bicyclic) bond motifs is 3. The molecule has 2 nitrogen and oxygen atoms in total. The summed E-state index contributed by atoms with van der Waals surface area (Å²) < 4.78 is 0. The van der Waals surface area contributed by atoms with Crippen LogP contribution >= 0.6 is 0 Å². The smallest absolute Gasteiger partial charge is 0.0822 e. The number of nitrogens with one attached hydrogen (secondary N) is 1. The molecule has 0 spiro atoms. The average molecular weight is 268 g/mol. The summed E-state index contributed by atoms with van der Waals surface area (Å²) in [6.45, 7) is 0. The lowest BCUT2D eigenvalue weighted by atomic mass is 9.95. The number of benzene rings is 3. The molecule has 98 valence electrons. The molecule has 0 saturated carbocycles. The molecule has 0 saturated heterocycles. The summed E-state index contributed by atoms with van der Waals surface area (Å²) in [5.41, 5.74) is 4.52. The molecule has 21 heavy (non-hydrogen) atoms. The van der Waals surface area contributed by atoms with Crippen molar-refractivity contribution in [1.29, 1.82) is 0 Å². The van der Waals surface area contributed by atoms with E-state index in [1.165, 1.54) is 27.1 Å². The molecule has 3 aromatic carbocycles. The molecule has 0 amide bonds. The minimum atomic E-state index is 1.07. The van der Waals surface area contributed by atoms with Crippen LogP contribution in [0.5, 0.6) is 0 Å². The van der Waals surface area contributed by atoms with Crippen LogP contribution in [0.25, 0.3) is 32.8 Å². The van der Waals surface area contributed by atoms with Crippen LogP contribution in [0.1, 0.15) is 0 Å². The molecule has 5 rings (SSSR count). The van der Waals surface area contributed by atoms with Gasteiger partial charge in [-0.05, 0) is 40.4 Å².